The maximum Gasteiger partial charge on any atom is 0.155 e. The summed E-state index contributed by atoms with van der Waals surface area (Å²) in [6, 6.07) is 0. The summed E-state index contributed by atoms with van der Waals surface area (Å²) in [7, 11) is 0.231. The third kappa shape index (κ3) is 5.68. The van der Waals surface area contributed by atoms with Crippen LogP contribution in [0.25, 0.3) is 0 Å². The molecule has 0 bridgehead atoms. The van der Waals surface area contributed by atoms with Crippen molar-refractivity contribution in [3.05, 3.63) is 0 Å². The zero-order chi connectivity index (χ0) is 17.0. The number of hydrogen-bond acceptors (Lipinski definition) is 2. The minimum atomic E-state index is 0.231. The summed E-state index contributed by atoms with van der Waals surface area (Å²) in [4.78, 5) is 0. The van der Waals surface area contributed by atoms with Crippen LogP contribution in [0.3, 0.4) is 0 Å². The maximum atomic E-state index is 6.30. The van der Waals surface area contributed by atoms with E-state index in [1.807, 2.05) is 0 Å². The lowest BCUT2D eigenvalue weighted by Gasteiger charge is -2.39. The van der Waals surface area contributed by atoms with Crippen LogP contribution in [0.5, 0.6) is 0 Å². The Hall–Kier alpha value is 0.350. The smallest absolute Gasteiger partial charge is 0.155 e. The molecule has 2 fully saturated rings. The second kappa shape index (κ2) is 9.16. The average molecular weight is 343 g/mol. The fourth-order valence-corrected chi connectivity index (χ4v) is 5.50. The second-order valence-electron chi connectivity index (χ2n) is 9.05. The van der Waals surface area contributed by atoms with Gasteiger partial charge in [-0.1, -0.05) is 54.4 Å². The lowest BCUT2D eigenvalue weighted by molar-refractivity contribution is 0.0172. The molecule has 6 atom stereocenters. The van der Waals surface area contributed by atoms with Crippen LogP contribution in [-0.4, -0.2) is 12.2 Å². The van der Waals surface area contributed by atoms with Gasteiger partial charge in [-0.15, -0.1) is 0 Å². The van der Waals surface area contributed by atoms with Gasteiger partial charge in [-0.2, -0.15) is 0 Å². The Balaban J connectivity index is 1.83. The van der Waals surface area contributed by atoms with Crippen molar-refractivity contribution in [2.24, 2.45) is 35.5 Å². The van der Waals surface area contributed by atoms with E-state index in [-0.39, 0.29) is 9.03 Å². The van der Waals surface area contributed by atoms with E-state index < -0.39 is 0 Å². The number of rotatable bonds is 6. The molecule has 0 spiro atoms. The predicted molar refractivity (Wildman–Crippen MR) is 101 cm³/mol. The van der Waals surface area contributed by atoms with E-state index in [0.717, 1.165) is 23.7 Å². The summed E-state index contributed by atoms with van der Waals surface area (Å²) >= 11 is 0. The minimum Gasteiger partial charge on any atom is -0.333 e. The van der Waals surface area contributed by atoms with Crippen molar-refractivity contribution in [3.63, 3.8) is 0 Å². The third-order valence-corrected chi connectivity index (χ3v) is 7.12. The molecule has 3 heteroatoms. The lowest BCUT2D eigenvalue weighted by Crippen LogP contribution is -2.34. The van der Waals surface area contributed by atoms with Crippen LogP contribution in [0.2, 0.25) is 0 Å². The molecular formula is C20H39O2P. The van der Waals surface area contributed by atoms with E-state index >= 15 is 0 Å². The molecule has 2 rings (SSSR count). The van der Waals surface area contributed by atoms with Gasteiger partial charge in [0.15, 0.2) is 9.03 Å². The molecular weight excluding hydrogens is 303 g/mol. The monoisotopic (exact) mass is 342 g/mol. The molecule has 0 radical (unpaired) electrons. The van der Waals surface area contributed by atoms with Gasteiger partial charge in [0.25, 0.3) is 0 Å². The topological polar surface area (TPSA) is 18.5 Å². The fraction of sp³-hybridized carbons (Fsp3) is 1.00. The molecule has 23 heavy (non-hydrogen) atoms. The molecule has 0 N–H and O–H groups in total. The summed E-state index contributed by atoms with van der Waals surface area (Å²) in [5.41, 5.74) is 0. The van der Waals surface area contributed by atoms with Crippen LogP contribution in [-0.2, 0) is 9.05 Å². The summed E-state index contributed by atoms with van der Waals surface area (Å²) in [6.07, 6.45) is 8.63. The van der Waals surface area contributed by atoms with E-state index in [0.29, 0.717) is 24.0 Å². The van der Waals surface area contributed by atoms with Crippen LogP contribution in [0, 0.1) is 35.5 Å². The van der Waals surface area contributed by atoms with Crippen molar-refractivity contribution in [3.8, 4) is 0 Å². The van der Waals surface area contributed by atoms with Crippen molar-refractivity contribution in [2.75, 3.05) is 0 Å². The molecule has 6 unspecified atom stereocenters. The fourth-order valence-electron chi connectivity index (χ4n) is 4.65. The Bertz CT molecular complexity index is 313. The Morgan fingerprint density at radius 2 is 1.09 bits per heavy atom. The van der Waals surface area contributed by atoms with Crippen molar-refractivity contribution in [2.45, 2.75) is 92.3 Å². The van der Waals surface area contributed by atoms with Gasteiger partial charge in [-0.25, -0.2) is 0 Å². The molecule has 0 aliphatic heterocycles. The first-order valence-corrected chi connectivity index (χ1v) is 10.8. The molecule has 0 heterocycles. The Morgan fingerprint density at radius 3 is 1.43 bits per heavy atom. The van der Waals surface area contributed by atoms with Gasteiger partial charge in [0.2, 0.25) is 0 Å². The van der Waals surface area contributed by atoms with Gasteiger partial charge in [-0.3, -0.25) is 0 Å². The number of hydrogen-bond donors (Lipinski definition) is 0. The zero-order valence-electron chi connectivity index (χ0n) is 16.2. The van der Waals surface area contributed by atoms with Gasteiger partial charge in [0.1, 0.15) is 0 Å². The van der Waals surface area contributed by atoms with Crippen LogP contribution >= 0.6 is 9.03 Å². The molecule has 0 saturated heterocycles. The molecule has 0 aromatic rings. The minimum absolute atomic E-state index is 0.231. The summed E-state index contributed by atoms with van der Waals surface area (Å²) in [5.74, 6) is 4.48. The van der Waals surface area contributed by atoms with Crippen LogP contribution in [0.4, 0.5) is 0 Å². The highest BCUT2D eigenvalue weighted by molar-refractivity contribution is 7.26. The molecule has 2 saturated carbocycles. The summed E-state index contributed by atoms with van der Waals surface area (Å²) in [5, 5.41) is 0. The highest BCUT2D eigenvalue weighted by Gasteiger charge is 2.34. The molecule has 2 aliphatic rings. The van der Waals surface area contributed by atoms with E-state index in [1.54, 1.807) is 0 Å². The quantitative estimate of drug-likeness (QED) is 0.516. The molecule has 0 aromatic heterocycles. The third-order valence-electron chi connectivity index (χ3n) is 6.32. The molecule has 0 aromatic carbocycles. The Kier molecular flexibility index (Phi) is 7.83. The van der Waals surface area contributed by atoms with Gasteiger partial charge < -0.3 is 9.05 Å². The summed E-state index contributed by atoms with van der Waals surface area (Å²) in [6.45, 7) is 14.1. The van der Waals surface area contributed by atoms with E-state index in [4.69, 9.17) is 9.05 Å². The first-order valence-electron chi connectivity index (χ1n) is 9.94. The standard InChI is InChI=1S/C20H39O2P/c1-13(2)17-9-7-15(5)11-19(17)21-23-22-20-12-16(6)8-10-18(20)14(3)4/h13-20,23H,7-12H2,1-6H3. The predicted octanol–water partition coefficient (Wildman–Crippen LogP) is 6.45. The van der Waals surface area contributed by atoms with Crippen LogP contribution < -0.4 is 0 Å². The highest BCUT2D eigenvalue weighted by atomic mass is 31.1. The van der Waals surface area contributed by atoms with E-state index in [9.17, 15) is 0 Å². The van der Waals surface area contributed by atoms with Crippen molar-refractivity contribution < 1.29 is 9.05 Å². The van der Waals surface area contributed by atoms with E-state index in [2.05, 4.69) is 41.5 Å². The highest BCUT2D eigenvalue weighted by Crippen LogP contribution is 2.42. The summed E-state index contributed by atoms with van der Waals surface area (Å²) < 4.78 is 12.6. The SMILES string of the molecule is CC1CCC(C(C)C)C(OPOC2CC(C)CCC2C(C)C)C1. The van der Waals surface area contributed by atoms with Gasteiger partial charge >= 0.3 is 0 Å². The Morgan fingerprint density at radius 1 is 0.696 bits per heavy atom. The molecule has 0 amide bonds. The van der Waals surface area contributed by atoms with E-state index in [1.165, 1.54) is 38.5 Å². The zero-order valence-corrected chi connectivity index (χ0v) is 17.2. The van der Waals surface area contributed by atoms with Gasteiger partial charge in [0, 0.05) is 0 Å². The average Bonchev–Trinajstić information content (AvgIpc) is 2.46. The molecule has 2 aliphatic carbocycles. The first kappa shape index (κ1) is 19.7. The van der Waals surface area contributed by atoms with Crippen molar-refractivity contribution in [1.29, 1.82) is 0 Å². The molecule has 2 nitrogen and oxygen atoms in total. The second-order valence-corrected chi connectivity index (χ2v) is 9.69. The normalized spacial score (nSPS) is 39.7. The van der Waals surface area contributed by atoms with Gasteiger partial charge in [-0.05, 0) is 61.2 Å². The largest absolute Gasteiger partial charge is 0.333 e. The van der Waals surface area contributed by atoms with Gasteiger partial charge in [0.05, 0.1) is 12.2 Å². The Labute approximate surface area is 146 Å². The molecule has 136 valence electrons. The lowest BCUT2D eigenvalue weighted by atomic mass is 9.75. The van der Waals surface area contributed by atoms with Crippen molar-refractivity contribution in [1.82, 2.24) is 0 Å². The van der Waals surface area contributed by atoms with Crippen molar-refractivity contribution >= 4 is 9.03 Å². The van der Waals surface area contributed by atoms with Crippen LogP contribution in [0.15, 0.2) is 0 Å². The van der Waals surface area contributed by atoms with Crippen LogP contribution in [0.1, 0.15) is 80.1 Å². The first-order chi connectivity index (χ1) is 10.9. The maximum absolute atomic E-state index is 6.30.